The van der Waals surface area contributed by atoms with Gasteiger partial charge in [-0.3, -0.25) is 0 Å². The smallest absolute Gasteiger partial charge is 0.188 e. The second kappa shape index (κ2) is 4.25. The summed E-state index contributed by atoms with van der Waals surface area (Å²) in [4.78, 5) is 1.52. The average Bonchev–Trinajstić information content (AvgIpc) is 2.36. The van der Waals surface area contributed by atoms with Gasteiger partial charge in [-0.25, -0.2) is 0 Å². The van der Waals surface area contributed by atoms with Gasteiger partial charge in [-0.15, -0.1) is 0 Å². The van der Waals surface area contributed by atoms with E-state index in [-0.39, 0.29) is 0 Å². The maximum atomic E-state index is 2.43. The molecule has 3 heteroatoms. The Morgan fingerprint density at radius 2 is 1.89 bits per heavy atom. The highest BCUT2D eigenvalue weighted by Crippen LogP contribution is 2.33. The molecule has 0 unspecified atom stereocenters. The summed E-state index contributed by atoms with van der Waals surface area (Å²) < 4.78 is 2.33. The second-order valence-electron chi connectivity index (χ2n) is 5.76. The Morgan fingerprint density at radius 3 is 2.67 bits per heavy atom. The van der Waals surface area contributed by atoms with Crippen LogP contribution in [0.5, 0.6) is 0 Å². The summed E-state index contributed by atoms with van der Waals surface area (Å²) in [6, 6.07) is 13.3. The molecule has 18 heavy (non-hydrogen) atoms. The molecule has 0 bridgehead atoms. The first-order chi connectivity index (χ1) is 8.57. The van der Waals surface area contributed by atoms with Crippen LogP contribution in [0.1, 0.15) is 0 Å². The fourth-order valence-electron chi connectivity index (χ4n) is 2.45. The lowest BCUT2D eigenvalue weighted by atomic mass is 10.1. The van der Waals surface area contributed by atoms with Gasteiger partial charge in [-0.2, -0.15) is 4.57 Å². The first-order valence-electron chi connectivity index (χ1n) is 6.32. The average molecular weight is 272 g/mol. The number of rotatable bonds is 1. The van der Waals surface area contributed by atoms with Gasteiger partial charge in [0.15, 0.2) is 12.1 Å². The summed E-state index contributed by atoms with van der Waals surface area (Å²) in [5, 5.41) is 1.60. The predicted molar refractivity (Wildman–Crippen MR) is 80.9 cm³/mol. The van der Waals surface area contributed by atoms with Crippen LogP contribution in [0, 0.1) is 0 Å². The minimum Gasteiger partial charge on any atom is -0.188 e. The Hall–Kier alpha value is -1.06. The summed E-state index contributed by atoms with van der Waals surface area (Å²) >= 11 is 1.98. The summed E-state index contributed by atoms with van der Waals surface area (Å²) in [5.41, 5.74) is 2.76. The molecule has 0 fully saturated rings. The van der Waals surface area contributed by atoms with Crippen LogP contribution in [-0.4, -0.2) is 8.07 Å². The molecule has 0 atom stereocenters. The number of hydrogen-bond donors (Lipinski definition) is 0. The minimum atomic E-state index is -1.26. The molecule has 2 heterocycles. The van der Waals surface area contributed by atoms with Crippen molar-refractivity contribution in [3.63, 3.8) is 0 Å². The molecule has 0 saturated heterocycles. The van der Waals surface area contributed by atoms with Crippen LogP contribution < -0.4 is 9.75 Å². The van der Waals surface area contributed by atoms with E-state index in [2.05, 4.69) is 66.8 Å². The van der Waals surface area contributed by atoms with Gasteiger partial charge in [0.2, 0.25) is 5.69 Å². The third kappa shape index (κ3) is 1.91. The van der Waals surface area contributed by atoms with E-state index in [9.17, 15) is 0 Å². The van der Waals surface area contributed by atoms with Crippen molar-refractivity contribution in [1.29, 1.82) is 0 Å². The highest BCUT2D eigenvalue weighted by molar-refractivity contribution is 7.98. The quantitative estimate of drug-likeness (QED) is 0.569. The monoisotopic (exact) mass is 272 g/mol. The van der Waals surface area contributed by atoms with Crippen molar-refractivity contribution < 1.29 is 4.57 Å². The molecule has 0 radical (unpaired) electrons. The van der Waals surface area contributed by atoms with Crippen LogP contribution >= 0.6 is 11.8 Å². The third-order valence-electron chi connectivity index (χ3n) is 3.39. The summed E-state index contributed by atoms with van der Waals surface area (Å²) in [5.74, 6) is 1.03. The van der Waals surface area contributed by atoms with E-state index in [4.69, 9.17) is 0 Å². The maximum Gasteiger partial charge on any atom is 0.214 e. The van der Waals surface area contributed by atoms with Crippen LogP contribution in [-0.2, 0) is 5.88 Å². The van der Waals surface area contributed by atoms with Gasteiger partial charge in [-0.05, 0) is 17.3 Å². The number of thioether (sulfide) groups is 1. The number of nitrogens with zero attached hydrogens (tertiary/aromatic N) is 1. The Labute approximate surface area is 114 Å². The van der Waals surface area contributed by atoms with E-state index in [1.165, 1.54) is 16.2 Å². The Balaban J connectivity index is 2.25. The fourth-order valence-corrected chi connectivity index (χ4v) is 6.04. The van der Waals surface area contributed by atoms with Crippen molar-refractivity contribution >= 4 is 25.0 Å². The molecule has 1 aromatic heterocycles. The van der Waals surface area contributed by atoms with Crippen molar-refractivity contribution in [2.24, 2.45) is 0 Å². The molecule has 0 saturated carbocycles. The predicted octanol–water partition coefficient (Wildman–Crippen LogP) is 3.25. The molecule has 3 rings (SSSR count). The summed E-state index contributed by atoms with van der Waals surface area (Å²) in [6.45, 7) is 7.28. The highest BCUT2D eigenvalue weighted by Gasteiger charge is 2.29. The van der Waals surface area contributed by atoms with E-state index < -0.39 is 8.07 Å². The molecule has 0 N–H and O–H groups in total. The van der Waals surface area contributed by atoms with Crippen molar-refractivity contribution in [3.8, 4) is 11.3 Å². The van der Waals surface area contributed by atoms with Gasteiger partial charge in [0, 0.05) is 17.0 Å². The lowest BCUT2D eigenvalue weighted by Gasteiger charge is -2.24. The van der Waals surface area contributed by atoms with Crippen LogP contribution in [0.4, 0.5) is 0 Å². The van der Waals surface area contributed by atoms with E-state index in [0.29, 0.717) is 0 Å². The Bertz CT molecular complexity index is 602. The van der Waals surface area contributed by atoms with Crippen LogP contribution in [0.2, 0.25) is 19.6 Å². The molecular formula is C15H18NSSi+. The molecule has 0 spiro atoms. The topological polar surface area (TPSA) is 3.88 Å². The Kier molecular flexibility index (Phi) is 2.83. The third-order valence-corrected chi connectivity index (χ3v) is 6.74. The molecular weight excluding hydrogens is 254 g/mol. The molecule has 0 amide bonds. The number of pyridine rings is 1. The van der Waals surface area contributed by atoms with Crippen molar-refractivity contribution in [1.82, 2.24) is 0 Å². The lowest BCUT2D eigenvalue weighted by molar-refractivity contribution is -0.665. The van der Waals surface area contributed by atoms with E-state index in [1.54, 1.807) is 5.19 Å². The van der Waals surface area contributed by atoms with Crippen LogP contribution in [0.25, 0.3) is 11.3 Å². The number of fused-ring (bicyclic) bond motifs is 3. The largest absolute Gasteiger partial charge is 0.214 e. The number of benzene rings is 1. The first-order valence-corrected chi connectivity index (χ1v) is 10.8. The van der Waals surface area contributed by atoms with E-state index in [1.807, 2.05) is 11.8 Å². The van der Waals surface area contributed by atoms with Crippen LogP contribution in [0.15, 0.2) is 47.5 Å². The molecule has 92 valence electrons. The lowest BCUT2D eigenvalue weighted by Crippen LogP contribution is -2.43. The van der Waals surface area contributed by atoms with E-state index >= 15 is 0 Å². The summed E-state index contributed by atoms with van der Waals surface area (Å²) in [7, 11) is -1.26. The second-order valence-corrected chi connectivity index (χ2v) is 11.8. The number of hydrogen-bond acceptors (Lipinski definition) is 1. The van der Waals surface area contributed by atoms with Gasteiger partial charge in [0.25, 0.3) is 0 Å². The highest BCUT2D eigenvalue weighted by atomic mass is 32.2. The van der Waals surface area contributed by atoms with Crippen molar-refractivity contribution in [2.75, 3.05) is 0 Å². The zero-order valence-corrected chi connectivity index (χ0v) is 12.9. The molecule has 2 aromatic rings. The minimum absolute atomic E-state index is 1.03. The first kappa shape index (κ1) is 12.0. The normalized spacial score (nSPS) is 13.9. The van der Waals surface area contributed by atoms with Gasteiger partial charge >= 0.3 is 0 Å². The van der Waals surface area contributed by atoms with E-state index in [0.717, 1.165) is 5.88 Å². The zero-order chi connectivity index (χ0) is 12.8. The van der Waals surface area contributed by atoms with Gasteiger partial charge in [-0.1, -0.05) is 43.5 Å². The van der Waals surface area contributed by atoms with Gasteiger partial charge in [0.05, 0.1) is 13.6 Å². The number of aromatic nitrogens is 1. The summed E-state index contributed by atoms with van der Waals surface area (Å²) in [6.07, 6.45) is 2.17. The van der Waals surface area contributed by atoms with Crippen molar-refractivity contribution in [3.05, 3.63) is 42.6 Å². The van der Waals surface area contributed by atoms with Crippen LogP contribution in [0.3, 0.4) is 0 Å². The molecule has 0 aliphatic carbocycles. The fraction of sp³-hybridized carbons (Fsp3) is 0.267. The molecule has 1 aliphatic heterocycles. The maximum absolute atomic E-state index is 2.43. The molecule has 1 nitrogen and oxygen atoms in total. The molecule has 1 aliphatic rings. The van der Waals surface area contributed by atoms with Gasteiger partial charge in [0.1, 0.15) is 0 Å². The zero-order valence-electron chi connectivity index (χ0n) is 11.1. The molecule has 1 aromatic carbocycles. The van der Waals surface area contributed by atoms with Gasteiger partial charge < -0.3 is 0 Å². The van der Waals surface area contributed by atoms with Crippen molar-refractivity contribution in [2.45, 2.75) is 30.4 Å². The SMILES string of the molecule is C[Si](C)(C)c1cccc2c1SC[n+]1ccccc1-2. The Morgan fingerprint density at radius 1 is 1.06 bits per heavy atom. The standard InChI is InChI=1S/C15H18NSSi/c1-18(2,3)14-9-6-7-12-13-8-4-5-10-16(13)11-17-15(12)14/h4-10H,11H2,1-3H3/q+1.